The normalized spacial score (nSPS) is 12.1. The third-order valence-electron chi connectivity index (χ3n) is 2.06. The molecule has 1 heterocycles. The Hall–Kier alpha value is -1.68. The maximum atomic E-state index is 11.8. The predicted octanol–water partition coefficient (Wildman–Crippen LogP) is 1.43. The summed E-state index contributed by atoms with van der Waals surface area (Å²) in [6, 6.07) is 12.9. The summed E-state index contributed by atoms with van der Waals surface area (Å²) in [4.78, 5) is 0.655. The zero-order chi connectivity index (χ0) is 11.4. The quantitative estimate of drug-likeness (QED) is 0.752. The molecule has 1 atom stereocenters. The highest BCUT2D eigenvalue weighted by molar-refractivity contribution is 7.80. The highest BCUT2D eigenvalue weighted by atomic mass is 32.2. The molecule has 0 amide bonds. The van der Waals surface area contributed by atoms with E-state index in [1.54, 1.807) is 24.5 Å². The van der Waals surface area contributed by atoms with Gasteiger partial charge >= 0.3 is 11.1 Å². The van der Waals surface area contributed by atoms with E-state index in [1.807, 2.05) is 37.3 Å². The van der Waals surface area contributed by atoms with Crippen LogP contribution in [0.25, 0.3) is 0 Å². The number of hydrogen-bond donors (Lipinski definition) is 0. The average molecular weight is 234 g/mol. The van der Waals surface area contributed by atoms with Crippen molar-refractivity contribution in [3.63, 3.8) is 0 Å². The molecular weight excluding hydrogens is 222 g/mol. The van der Waals surface area contributed by atoms with Crippen molar-refractivity contribution in [3.05, 3.63) is 60.4 Å². The van der Waals surface area contributed by atoms with E-state index in [2.05, 4.69) is 0 Å². The molecule has 0 spiro atoms. The van der Waals surface area contributed by atoms with Crippen LogP contribution in [0.15, 0.2) is 59.8 Å². The summed E-state index contributed by atoms with van der Waals surface area (Å²) in [6.45, 7) is 1.99. The number of pyridine rings is 1. The van der Waals surface area contributed by atoms with Crippen molar-refractivity contribution in [2.75, 3.05) is 0 Å². The Bertz CT molecular complexity index is 482. The summed E-state index contributed by atoms with van der Waals surface area (Å²) in [6.07, 6.45) is 3.40. The largest absolute Gasteiger partial charge is 0.309 e. The maximum absolute atomic E-state index is 11.8. The van der Waals surface area contributed by atoms with Gasteiger partial charge in [-0.2, -0.15) is 4.28 Å². The molecule has 1 aromatic heterocycles. The van der Waals surface area contributed by atoms with Crippen LogP contribution in [0.3, 0.4) is 0 Å². The molecule has 82 valence electrons. The highest BCUT2D eigenvalue weighted by Crippen LogP contribution is 2.06. The highest BCUT2D eigenvalue weighted by Gasteiger charge is 2.10. The third-order valence-corrected chi connectivity index (χ3v) is 3.02. The van der Waals surface area contributed by atoms with E-state index < -0.39 is 11.1 Å². The van der Waals surface area contributed by atoms with Gasteiger partial charge in [0.2, 0.25) is 12.4 Å². The molecule has 16 heavy (non-hydrogen) atoms. The van der Waals surface area contributed by atoms with Gasteiger partial charge in [0, 0.05) is 16.9 Å². The van der Waals surface area contributed by atoms with Crippen molar-refractivity contribution in [2.24, 2.45) is 0 Å². The lowest BCUT2D eigenvalue weighted by Crippen LogP contribution is -2.42. The minimum Gasteiger partial charge on any atom is -0.204 e. The topological polar surface area (TPSA) is 30.2 Å². The van der Waals surface area contributed by atoms with Crippen molar-refractivity contribution in [1.82, 2.24) is 0 Å². The van der Waals surface area contributed by atoms with Crippen LogP contribution < -0.4 is 9.01 Å². The minimum atomic E-state index is -1.48. The predicted molar refractivity (Wildman–Crippen MR) is 60.8 cm³/mol. The second-order valence-corrected chi connectivity index (χ2v) is 4.45. The van der Waals surface area contributed by atoms with Crippen molar-refractivity contribution in [1.29, 1.82) is 0 Å². The lowest BCUT2D eigenvalue weighted by Gasteiger charge is -1.98. The SMILES string of the molecule is Cc1ccc(S(=O)O[n+]2ccccc2)cc1. The van der Waals surface area contributed by atoms with Gasteiger partial charge in [0.05, 0.1) is 4.90 Å². The van der Waals surface area contributed by atoms with Gasteiger partial charge in [-0.15, -0.1) is 0 Å². The van der Waals surface area contributed by atoms with Crippen LogP contribution in [0.5, 0.6) is 0 Å². The molecule has 2 aromatic rings. The van der Waals surface area contributed by atoms with Gasteiger partial charge in [-0.25, -0.2) is 4.21 Å². The number of hydrogen-bond acceptors (Lipinski definition) is 2. The lowest BCUT2D eigenvalue weighted by molar-refractivity contribution is -0.855. The molecule has 1 unspecified atom stereocenters. The first kappa shape index (κ1) is 10.8. The van der Waals surface area contributed by atoms with E-state index in [1.165, 1.54) is 4.73 Å². The summed E-state index contributed by atoms with van der Waals surface area (Å²) in [5, 5.41) is 0. The van der Waals surface area contributed by atoms with Crippen molar-refractivity contribution in [2.45, 2.75) is 11.8 Å². The van der Waals surface area contributed by atoms with Crippen molar-refractivity contribution < 1.29 is 13.2 Å². The molecule has 0 aliphatic carbocycles. The Morgan fingerprint density at radius 3 is 2.31 bits per heavy atom. The molecule has 2 rings (SSSR count). The zero-order valence-corrected chi connectivity index (χ0v) is 9.68. The van der Waals surface area contributed by atoms with Gasteiger partial charge in [-0.3, -0.25) is 0 Å². The van der Waals surface area contributed by atoms with E-state index in [0.29, 0.717) is 4.90 Å². The fraction of sp³-hybridized carbons (Fsp3) is 0.0833. The fourth-order valence-corrected chi connectivity index (χ4v) is 1.90. The molecule has 0 fully saturated rings. The second-order valence-electron chi connectivity index (χ2n) is 3.36. The first-order chi connectivity index (χ1) is 7.75. The molecule has 0 saturated heterocycles. The van der Waals surface area contributed by atoms with E-state index in [9.17, 15) is 4.21 Å². The van der Waals surface area contributed by atoms with Crippen LogP contribution in [0.2, 0.25) is 0 Å². The first-order valence-corrected chi connectivity index (χ1v) is 5.97. The van der Waals surface area contributed by atoms with Crippen LogP contribution in [0.1, 0.15) is 5.56 Å². The maximum Gasteiger partial charge on any atom is 0.309 e. The van der Waals surface area contributed by atoms with Gasteiger partial charge < -0.3 is 0 Å². The Morgan fingerprint density at radius 2 is 1.69 bits per heavy atom. The third kappa shape index (κ3) is 2.67. The smallest absolute Gasteiger partial charge is 0.204 e. The van der Waals surface area contributed by atoms with Gasteiger partial charge in [0.15, 0.2) is 0 Å². The number of benzene rings is 1. The lowest BCUT2D eigenvalue weighted by atomic mass is 10.2. The molecular formula is C12H12NO2S+. The van der Waals surface area contributed by atoms with Crippen LogP contribution in [-0.2, 0) is 11.1 Å². The van der Waals surface area contributed by atoms with E-state index in [4.69, 9.17) is 4.28 Å². The zero-order valence-electron chi connectivity index (χ0n) is 8.87. The molecule has 1 aromatic carbocycles. The van der Waals surface area contributed by atoms with Crippen LogP contribution in [0.4, 0.5) is 0 Å². The molecule has 4 heteroatoms. The molecule has 0 N–H and O–H groups in total. The van der Waals surface area contributed by atoms with Crippen molar-refractivity contribution >= 4 is 11.1 Å². The summed E-state index contributed by atoms with van der Waals surface area (Å²) < 4.78 is 18.4. The Labute approximate surface area is 96.9 Å². The standard InChI is InChI=1S/C12H12NO2S/c1-11-5-7-12(8-6-11)16(14)15-13-9-3-2-4-10-13/h2-10H,1H3/q+1. The van der Waals surface area contributed by atoms with Crippen LogP contribution in [-0.4, -0.2) is 4.21 Å². The van der Waals surface area contributed by atoms with E-state index in [-0.39, 0.29) is 0 Å². The van der Waals surface area contributed by atoms with Gasteiger partial charge in [0.1, 0.15) is 0 Å². The van der Waals surface area contributed by atoms with Crippen LogP contribution in [0, 0.1) is 6.92 Å². The van der Waals surface area contributed by atoms with Crippen LogP contribution >= 0.6 is 0 Å². The van der Waals surface area contributed by atoms with Crippen molar-refractivity contribution in [3.8, 4) is 0 Å². The second kappa shape index (κ2) is 4.90. The Morgan fingerprint density at radius 1 is 1.06 bits per heavy atom. The van der Waals surface area contributed by atoms with Gasteiger partial charge in [-0.05, 0) is 19.1 Å². The Kier molecular flexibility index (Phi) is 3.31. The van der Waals surface area contributed by atoms with Gasteiger partial charge in [0.25, 0.3) is 0 Å². The van der Waals surface area contributed by atoms with Gasteiger partial charge in [-0.1, -0.05) is 23.8 Å². The summed E-state index contributed by atoms with van der Waals surface area (Å²) in [5.74, 6) is 0. The number of aromatic nitrogens is 1. The minimum absolute atomic E-state index is 0.655. The van der Waals surface area contributed by atoms with E-state index >= 15 is 0 Å². The molecule has 3 nitrogen and oxygen atoms in total. The number of nitrogens with zero attached hydrogens (tertiary/aromatic N) is 1. The molecule has 0 saturated carbocycles. The Balaban J connectivity index is 2.12. The molecule has 0 aliphatic rings. The summed E-state index contributed by atoms with van der Waals surface area (Å²) in [5.41, 5.74) is 1.13. The molecule has 0 bridgehead atoms. The fourth-order valence-electron chi connectivity index (χ4n) is 1.20. The molecule has 0 radical (unpaired) electrons. The number of aryl methyl sites for hydroxylation is 1. The first-order valence-electron chi connectivity index (χ1n) is 4.89. The van der Waals surface area contributed by atoms with E-state index in [0.717, 1.165) is 5.56 Å². The average Bonchev–Trinajstić information content (AvgIpc) is 2.31. The molecule has 0 aliphatic heterocycles. The number of rotatable bonds is 3. The summed E-state index contributed by atoms with van der Waals surface area (Å²) in [7, 11) is 0. The monoisotopic (exact) mass is 234 g/mol. The summed E-state index contributed by atoms with van der Waals surface area (Å²) >= 11 is -1.48.